The first-order chi connectivity index (χ1) is 9.24. The summed E-state index contributed by atoms with van der Waals surface area (Å²) in [5.41, 5.74) is 3.46. The van der Waals surface area contributed by atoms with Gasteiger partial charge in [-0.3, -0.25) is 0 Å². The van der Waals surface area contributed by atoms with Gasteiger partial charge in [-0.1, -0.05) is 0 Å². The van der Waals surface area contributed by atoms with Crippen LogP contribution in [-0.4, -0.2) is 9.51 Å². The van der Waals surface area contributed by atoms with Crippen LogP contribution >= 0.6 is 0 Å². The number of pyridine rings is 2. The maximum atomic E-state index is 9.65. The Hall–Kier alpha value is -2.55. The van der Waals surface area contributed by atoms with Crippen LogP contribution in [0.15, 0.2) is 54.9 Å². The molecule has 1 N–H and O–H groups in total. The van der Waals surface area contributed by atoms with Gasteiger partial charge in [-0.2, -0.15) is 4.57 Å². The van der Waals surface area contributed by atoms with E-state index in [9.17, 15) is 5.11 Å². The van der Waals surface area contributed by atoms with Crippen molar-refractivity contribution in [3.05, 3.63) is 54.9 Å². The summed E-state index contributed by atoms with van der Waals surface area (Å²) < 4.78 is 4.29. The number of nitrogens with zero attached hydrogens (tertiary/aromatic N) is 2. The molecule has 0 aliphatic carbocycles. The van der Waals surface area contributed by atoms with Gasteiger partial charge in [0.05, 0.1) is 5.52 Å². The van der Waals surface area contributed by atoms with Crippen LogP contribution in [0.4, 0.5) is 0 Å². The number of fused-ring (bicyclic) bond motifs is 5. The summed E-state index contributed by atoms with van der Waals surface area (Å²) in [5.74, 6) is 0.305. The van der Waals surface area contributed by atoms with Crippen LogP contribution in [0.2, 0.25) is 0 Å². The lowest BCUT2D eigenvalue weighted by Crippen LogP contribution is -2.28. The minimum Gasteiger partial charge on any atom is -0.508 e. The number of phenols is 1. The van der Waals surface area contributed by atoms with Gasteiger partial charge in [0.25, 0.3) is 0 Å². The van der Waals surface area contributed by atoms with Crippen LogP contribution in [0.3, 0.4) is 0 Å². The van der Waals surface area contributed by atoms with Gasteiger partial charge in [-0.25, -0.2) is 0 Å². The molecule has 0 unspecified atom stereocenters. The first-order valence-electron chi connectivity index (χ1n) is 6.25. The van der Waals surface area contributed by atoms with Gasteiger partial charge < -0.3 is 9.51 Å². The molecule has 0 saturated carbocycles. The van der Waals surface area contributed by atoms with E-state index in [1.54, 1.807) is 6.07 Å². The summed E-state index contributed by atoms with van der Waals surface area (Å²) in [5, 5.41) is 11.9. The first kappa shape index (κ1) is 10.4. The molecule has 0 amide bonds. The van der Waals surface area contributed by atoms with Crippen LogP contribution in [0.25, 0.3) is 27.3 Å². The van der Waals surface area contributed by atoms with Gasteiger partial charge in [-0.05, 0) is 30.3 Å². The van der Waals surface area contributed by atoms with Gasteiger partial charge in [-0.15, -0.1) is 0 Å². The molecule has 3 nitrogen and oxygen atoms in total. The Bertz CT molecular complexity index is 938. The number of aromatic nitrogens is 2. The predicted octanol–water partition coefficient (Wildman–Crippen LogP) is 2.78. The second-order valence-electron chi connectivity index (χ2n) is 4.88. The second-order valence-corrected chi connectivity index (χ2v) is 4.88. The van der Waals surface area contributed by atoms with Crippen LogP contribution in [0, 0.1) is 0 Å². The van der Waals surface area contributed by atoms with E-state index in [1.807, 2.05) is 31.4 Å². The number of aryl methyl sites for hydroxylation is 1. The Kier molecular flexibility index (Phi) is 1.90. The van der Waals surface area contributed by atoms with Crippen LogP contribution in [0.1, 0.15) is 0 Å². The molecule has 0 bridgehead atoms. The molecule has 0 aliphatic rings. The van der Waals surface area contributed by atoms with Crippen molar-refractivity contribution >= 4 is 27.3 Å². The predicted molar refractivity (Wildman–Crippen MR) is 75.2 cm³/mol. The SMILES string of the molecule is C[n+]1cccc2c1ccc1c3cc(O)ccc3cn12. The normalized spacial score (nSPS) is 11.6. The molecule has 3 heteroatoms. The fourth-order valence-corrected chi connectivity index (χ4v) is 2.76. The van der Waals surface area contributed by atoms with Crippen molar-refractivity contribution in [3.63, 3.8) is 0 Å². The summed E-state index contributed by atoms with van der Waals surface area (Å²) in [4.78, 5) is 0. The number of rotatable bonds is 0. The maximum Gasteiger partial charge on any atom is 0.229 e. The Morgan fingerprint density at radius 1 is 1.05 bits per heavy atom. The fraction of sp³-hybridized carbons (Fsp3) is 0.0625. The third kappa shape index (κ3) is 1.35. The first-order valence-corrected chi connectivity index (χ1v) is 6.25. The largest absolute Gasteiger partial charge is 0.508 e. The van der Waals surface area contributed by atoms with Crippen LogP contribution in [-0.2, 0) is 7.05 Å². The average Bonchev–Trinajstić information content (AvgIpc) is 2.77. The zero-order valence-corrected chi connectivity index (χ0v) is 10.5. The van der Waals surface area contributed by atoms with Crippen molar-refractivity contribution < 1.29 is 9.67 Å². The van der Waals surface area contributed by atoms with E-state index >= 15 is 0 Å². The highest BCUT2D eigenvalue weighted by Crippen LogP contribution is 2.28. The third-order valence-corrected chi connectivity index (χ3v) is 3.71. The Labute approximate surface area is 110 Å². The Morgan fingerprint density at radius 3 is 2.84 bits per heavy atom. The minimum absolute atomic E-state index is 0.305. The number of aromatic hydroxyl groups is 1. The van der Waals surface area contributed by atoms with E-state index < -0.39 is 0 Å². The van der Waals surface area contributed by atoms with Crippen molar-refractivity contribution in [3.8, 4) is 5.75 Å². The molecule has 0 aliphatic heterocycles. The highest BCUT2D eigenvalue weighted by atomic mass is 16.3. The van der Waals surface area contributed by atoms with E-state index in [1.165, 1.54) is 5.52 Å². The molecule has 0 spiro atoms. The summed E-state index contributed by atoms with van der Waals surface area (Å²) in [6.45, 7) is 0. The molecule has 1 aromatic carbocycles. The van der Waals surface area contributed by atoms with Crippen molar-refractivity contribution in [2.45, 2.75) is 0 Å². The molecular formula is C16H13N2O+. The Balaban J connectivity index is 2.28. The standard InChI is InChI=1S/C16H12N2O/c1-17-8-2-3-16-15(17)7-6-14-13-9-12(19)5-4-11(13)10-18(14)16/h2-10H,1H3/p+1. The number of phenolic OH excluding ortho intramolecular Hbond substituents is 1. The summed E-state index contributed by atoms with van der Waals surface area (Å²) in [6.07, 6.45) is 4.16. The van der Waals surface area contributed by atoms with Gasteiger partial charge in [0, 0.05) is 29.1 Å². The lowest BCUT2D eigenvalue weighted by Gasteiger charge is -2.00. The quantitative estimate of drug-likeness (QED) is 0.477. The maximum absolute atomic E-state index is 9.65. The minimum atomic E-state index is 0.305. The molecule has 3 heterocycles. The highest BCUT2D eigenvalue weighted by Gasteiger charge is 2.10. The fourth-order valence-electron chi connectivity index (χ4n) is 2.76. The molecule has 0 radical (unpaired) electrons. The zero-order valence-electron chi connectivity index (χ0n) is 10.5. The van der Waals surface area contributed by atoms with Gasteiger partial charge >= 0.3 is 0 Å². The van der Waals surface area contributed by atoms with Gasteiger partial charge in [0.2, 0.25) is 5.52 Å². The van der Waals surface area contributed by atoms with Crippen molar-refractivity contribution in [2.24, 2.45) is 7.05 Å². The van der Waals surface area contributed by atoms with Gasteiger partial charge in [0.1, 0.15) is 18.3 Å². The molecule has 0 fully saturated rings. The summed E-state index contributed by atoms with van der Waals surface area (Å²) >= 11 is 0. The zero-order chi connectivity index (χ0) is 13.0. The number of hydrogen-bond acceptors (Lipinski definition) is 1. The average molecular weight is 249 g/mol. The monoisotopic (exact) mass is 249 g/mol. The molecule has 4 aromatic rings. The Morgan fingerprint density at radius 2 is 1.95 bits per heavy atom. The van der Waals surface area contributed by atoms with Crippen LogP contribution in [0.5, 0.6) is 5.75 Å². The molecular weight excluding hydrogens is 236 g/mol. The van der Waals surface area contributed by atoms with E-state index in [4.69, 9.17) is 0 Å². The highest BCUT2D eigenvalue weighted by molar-refractivity contribution is 6.00. The van der Waals surface area contributed by atoms with Crippen LogP contribution < -0.4 is 4.57 Å². The van der Waals surface area contributed by atoms with Gasteiger partial charge in [0.15, 0.2) is 6.20 Å². The number of benzene rings is 1. The van der Waals surface area contributed by atoms with Crippen molar-refractivity contribution in [2.75, 3.05) is 0 Å². The molecule has 0 atom stereocenters. The smallest absolute Gasteiger partial charge is 0.229 e. The molecule has 4 rings (SSSR count). The van der Waals surface area contributed by atoms with E-state index in [2.05, 4.69) is 33.4 Å². The molecule has 3 aromatic heterocycles. The van der Waals surface area contributed by atoms with E-state index in [-0.39, 0.29) is 0 Å². The molecule has 0 saturated heterocycles. The van der Waals surface area contributed by atoms with E-state index in [0.29, 0.717) is 5.75 Å². The molecule has 19 heavy (non-hydrogen) atoms. The second kappa shape index (κ2) is 3.48. The third-order valence-electron chi connectivity index (χ3n) is 3.71. The lowest BCUT2D eigenvalue weighted by molar-refractivity contribution is -0.645. The van der Waals surface area contributed by atoms with Crippen molar-refractivity contribution in [1.29, 1.82) is 0 Å². The lowest BCUT2D eigenvalue weighted by atomic mass is 10.2. The van der Waals surface area contributed by atoms with Crippen molar-refractivity contribution in [1.82, 2.24) is 4.40 Å². The summed E-state index contributed by atoms with van der Waals surface area (Å²) in [6, 6.07) is 13.9. The van der Waals surface area contributed by atoms with E-state index in [0.717, 1.165) is 21.8 Å². The number of hydrogen-bond donors (Lipinski definition) is 1. The molecule has 92 valence electrons. The summed E-state index contributed by atoms with van der Waals surface area (Å²) in [7, 11) is 2.04. The topological polar surface area (TPSA) is 28.5 Å².